The molecular formula is C32H35FN4O5. The van der Waals surface area contributed by atoms with Gasteiger partial charge >= 0.3 is 5.97 Å². The largest absolute Gasteiger partial charge is 0.490 e. The van der Waals surface area contributed by atoms with Gasteiger partial charge in [-0.3, -0.25) is 9.78 Å². The number of benzene rings is 1. The summed E-state index contributed by atoms with van der Waals surface area (Å²) in [6.45, 7) is 9.63. The molecule has 4 aromatic rings. The minimum atomic E-state index is -1.39. The van der Waals surface area contributed by atoms with E-state index < -0.39 is 23.5 Å². The number of pyridine rings is 2. The predicted molar refractivity (Wildman–Crippen MR) is 156 cm³/mol. The Morgan fingerprint density at radius 3 is 2.69 bits per heavy atom. The molecule has 1 aromatic carbocycles. The third kappa shape index (κ3) is 5.46. The number of hydrogen-bond acceptors (Lipinski definition) is 6. The Kier molecular flexibility index (Phi) is 7.76. The van der Waals surface area contributed by atoms with E-state index in [1.807, 2.05) is 13.0 Å². The predicted octanol–water partition coefficient (Wildman–Crippen LogP) is 5.59. The van der Waals surface area contributed by atoms with E-state index in [0.29, 0.717) is 52.1 Å². The molecule has 0 spiro atoms. The van der Waals surface area contributed by atoms with Gasteiger partial charge in [0.15, 0.2) is 17.7 Å². The normalized spacial score (nSPS) is 13.9. The van der Waals surface area contributed by atoms with Gasteiger partial charge in [-0.05, 0) is 82.3 Å². The van der Waals surface area contributed by atoms with Gasteiger partial charge in [0, 0.05) is 53.8 Å². The number of nitrogens with one attached hydrogen (secondary N) is 1. The van der Waals surface area contributed by atoms with Crippen molar-refractivity contribution in [3.63, 3.8) is 0 Å². The Morgan fingerprint density at radius 1 is 1.26 bits per heavy atom. The number of amides is 1. The lowest BCUT2D eigenvalue weighted by atomic mass is 9.86. The van der Waals surface area contributed by atoms with Crippen LogP contribution in [0.25, 0.3) is 22.2 Å². The minimum absolute atomic E-state index is 0.232. The number of carboxylic acids is 1. The summed E-state index contributed by atoms with van der Waals surface area (Å²) in [6, 6.07) is 6.73. The third-order valence-corrected chi connectivity index (χ3v) is 7.48. The molecule has 0 bridgehead atoms. The second-order valence-corrected chi connectivity index (χ2v) is 11.6. The number of carboxylic acid groups (broad SMARTS) is 1. The number of aromatic nitrogens is 3. The maximum Gasteiger partial charge on any atom is 0.337 e. The van der Waals surface area contributed by atoms with Crippen LogP contribution in [0, 0.1) is 19.7 Å². The molecule has 9 nitrogen and oxygen atoms in total. The van der Waals surface area contributed by atoms with Gasteiger partial charge in [-0.1, -0.05) is 6.07 Å². The highest BCUT2D eigenvalue weighted by atomic mass is 19.1. The number of nitrogens with zero attached hydrogens (tertiary/aromatic N) is 3. The van der Waals surface area contributed by atoms with E-state index in [1.165, 1.54) is 6.07 Å². The van der Waals surface area contributed by atoms with E-state index in [9.17, 15) is 14.7 Å². The van der Waals surface area contributed by atoms with Crippen LogP contribution in [0.4, 0.5) is 4.39 Å². The summed E-state index contributed by atoms with van der Waals surface area (Å²) in [5.74, 6) is -1.82. The topological polar surface area (TPSA) is 116 Å². The maximum atomic E-state index is 15.6. The van der Waals surface area contributed by atoms with Gasteiger partial charge in [0.05, 0.1) is 12.2 Å². The molecule has 2 N–H and O–H groups in total. The Bertz CT molecular complexity index is 1690. The zero-order valence-electron chi connectivity index (χ0n) is 24.7. The van der Waals surface area contributed by atoms with Crippen molar-refractivity contribution in [3.8, 4) is 16.9 Å². The van der Waals surface area contributed by atoms with E-state index in [1.54, 1.807) is 63.8 Å². The zero-order valence-corrected chi connectivity index (χ0v) is 24.7. The maximum absolute atomic E-state index is 15.6. The first-order valence-electron chi connectivity index (χ1n) is 13.9. The first-order chi connectivity index (χ1) is 19.9. The lowest BCUT2D eigenvalue weighted by Crippen LogP contribution is -2.28. The number of aryl methyl sites for hydroxylation is 2. The first-order valence-corrected chi connectivity index (χ1v) is 13.9. The number of ether oxygens (including phenoxy) is 2. The van der Waals surface area contributed by atoms with E-state index >= 15 is 4.39 Å². The number of hydrogen-bond donors (Lipinski definition) is 2. The summed E-state index contributed by atoms with van der Waals surface area (Å²) < 4.78 is 29.0. The molecule has 0 fully saturated rings. The lowest BCUT2D eigenvalue weighted by Gasteiger charge is -2.29. The smallest absolute Gasteiger partial charge is 0.337 e. The molecule has 1 aliphatic rings. The van der Waals surface area contributed by atoms with E-state index in [2.05, 4.69) is 10.3 Å². The molecule has 5 rings (SSSR count). The minimum Gasteiger partial charge on any atom is -0.490 e. The van der Waals surface area contributed by atoms with Crippen LogP contribution >= 0.6 is 0 Å². The third-order valence-electron chi connectivity index (χ3n) is 7.48. The standard InChI is InChI=1S/C32H35FN4O5/c1-17-20-10-8-12-41-27(20)23(33)13-21(17)26-22-14-24(30(38)35-16-19-9-7-11-34-15-19)37(6)29(22)36-18(2)25(26)28(31(39)40)42-32(3,4)5/h7,9,11,13-15,28H,8,10,12,16H2,1-6H3,(H,35,38)(H,39,40)/t28-/m0/s1. The van der Waals surface area contributed by atoms with Crippen LogP contribution in [-0.2, 0) is 29.5 Å². The van der Waals surface area contributed by atoms with Crippen LogP contribution in [0.3, 0.4) is 0 Å². The molecule has 0 saturated carbocycles. The van der Waals surface area contributed by atoms with Crippen molar-refractivity contribution in [2.45, 2.75) is 65.7 Å². The molecule has 220 valence electrons. The van der Waals surface area contributed by atoms with Crippen molar-refractivity contribution < 1.29 is 28.6 Å². The molecule has 1 aliphatic heterocycles. The van der Waals surface area contributed by atoms with Crippen molar-refractivity contribution in [2.24, 2.45) is 7.05 Å². The Balaban J connectivity index is 1.76. The summed E-state index contributed by atoms with van der Waals surface area (Å²) in [6.07, 6.45) is 3.32. The molecular weight excluding hydrogens is 539 g/mol. The molecule has 1 atom stereocenters. The van der Waals surface area contributed by atoms with Crippen LogP contribution in [0.15, 0.2) is 36.7 Å². The molecule has 3 aromatic heterocycles. The van der Waals surface area contributed by atoms with Crippen LogP contribution in [0.5, 0.6) is 5.75 Å². The number of halogens is 1. The summed E-state index contributed by atoms with van der Waals surface area (Å²) in [4.78, 5) is 35.0. The van der Waals surface area contributed by atoms with Crippen LogP contribution in [0.2, 0.25) is 0 Å². The molecule has 0 unspecified atom stereocenters. The van der Waals surface area contributed by atoms with Crippen molar-refractivity contribution >= 4 is 22.9 Å². The second kappa shape index (κ2) is 11.2. The average molecular weight is 575 g/mol. The summed E-state index contributed by atoms with van der Waals surface area (Å²) in [5.41, 5.74) is 4.06. The van der Waals surface area contributed by atoms with Gasteiger partial charge in [-0.15, -0.1) is 0 Å². The van der Waals surface area contributed by atoms with Crippen LogP contribution < -0.4 is 10.1 Å². The van der Waals surface area contributed by atoms with Crippen molar-refractivity contribution in [2.75, 3.05) is 6.61 Å². The zero-order chi connectivity index (χ0) is 30.3. The molecule has 0 aliphatic carbocycles. The molecule has 0 saturated heterocycles. The van der Waals surface area contributed by atoms with Crippen LogP contribution in [0.1, 0.15) is 71.7 Å². The highest BCUT2D eigenvalue weighted by molar-refractivity contribution is 6.04. The number of fused-ring (bicyclic) bond motifs is 2. The van der Waals surface area contributed by atoms with E-state index in [0.717, 1.165) is 23.1 Å². The SMILES string of the molecule is Cc1nc2c(cc(C(=O)NCc3cccnc3)n2C)c(-c2cc(F)c3c(c2C)CCCO3)c1[C@H](OC(C)(C)C)C(=O)O. The molecule has 42 heavy (non-hydrogen) atoms. The number of rotatable bonds is 7. The Morgan fingerprint density at radius 2 is 2.02 bits per heavy atom. The fourth-order valence-corrected chi connectivity index (χ4v) is 5.57. The number of carbonyl (C=O) groups excluding carboxylic acids is 1. The Hall–Kier alpha value is -4.31. The van der Waals surface area contributed by atoms with Gasteiger partial charge < -0.3 is 24.5 Å². The summed E-state index contributed by atoms with van der Waals surface area (Å²) in [7, 11) is 1.73. The molecule has 1 amide bonds. The van der Waals surface area contributed by atoms with E-state index in [4.69, 9.17) is 14.5 Å². The van der Waals surface area contributed by atoms with Gasteiger partial charge in [0.1, 0.15) is 11.3 Å². The Labute approximate surface area is 243 Å². The van der Waals surface area contributed by atoms with Crippen LogP contribution in [-0.4, -0.2) is 43.7 Å². The van der Waals surface area contributed by atoms with E-state index in [-0.39, 0.29) is 18.2 Å². The fourth-order valence-electron chi connectivity index (χ4n) is 5.57. The van der Waals surface area contributed by atoms with Crippen molar-refractivity contribution in [1.29, 1.82) is 0 Å². The quantitative estimate of drug-likeness (QED) is 0.296. The molecule has 4 heterocycles. The summed E-state index contributed by atoms with van der Waals surface area (Å²) in [5, 5.41) is 13.8. The van der Waals surface area contributed by atoms with Crippen molar-refractivity contribution in [1.82, 2.24) is 19.9 Å². The van der Waals surface area contributed by atoms with Gasteiger partial charge in [0.25, 0.3) is 5.91 Å². The highest BCUT2D eigenvalue weighted by Crippen LogP contribution is 2.44. The van der Waals surface area contributed by atoms with Crippen molar-refractivity contribution in [3.05, 3.63) is 76.1 Å². The lowest BCUT2D eigenvalue weighted by molar-refractivity contribution is -0.160. The summed E-state index contributed by atoms with van der Waals surface area (Å²) >= 11 is 0. The van der Waals surface area contributed by atoms with Gasteiger partial charge in [-0.25, -0.2) is 14.2 Å². The fraction of sp³-hybridized carbons (Fsp3) is 0.375. The highest BCUT2D eigenvalue weighted by Gasteiger charge is 2.34. The monoisotopic (exact) mass is 574 g/mol. The number of carbonyl (C=O) groups is 2. The average Bonchev–Trinajstić information content (AvgIpc) is 3.27. The molecule has 0 radical (unpaired) electrons. The van der Waals surface area contributed by atoms with Gasteiger partial charge in [0.2, 0.25) is 0 Å². The number of aliphatic carboxylic acids is 1. The molecule has 10 heteroatoms. The second-order valence-electron chi connectivity index (χ2n) is 11.6. The van der Waals surface area contributed by atoms with Gasteiger partial charge in [-0.2, -0.15) is 0 Å². The first kappa shape index (κ1) is 29.2.